The predicted molar refractivity (Wildman–Crippen MR) is 101 cm³/mol. The first-order valence-electron chi connectivity index (χ1n) is 8.48. The summed E-state index contributed by atoms with van der Waals surface area (Å²) in [5.74, 6) is 0.899. The summed E-state index contributed by atoms with van der Waals surface area (Å²) in [6.45, 7) is 3.69. The molecular weight excluding hydrogens is 344 g/mol. The van der Waals surface area contributed by atoms with Crippen molar-refractivity contribution in [1.29, 1.82) is 0 Å². The number of benzene rings is 2. The van der Waals surface area contributed by atoms with Gasteiger partial charge >= 0.3 is 5.97 Å². The minimum atomic E-state index is -0.648. The fourth-order valence-electron chi connectivity index (χ4n) is 2.35. The second kappa shape index (κ2) is 8.31. The fraction of sp³-hybridized carbons (Fsp3) is 0.190. The van der Waals surface area contributed by atoms with Crippen LogP contribution in [0.15, 0.2) is 59.0 Å². The number of nitrogens with zero attached hydrogens (tertiary/aromatic N) is 2. The molecule has 3 rings (SSSR count). The molecule has 27 heavy (non-hydrogen) atoms. The van der Waals surface area contributed by atoms with Crippen LogP contribution in [-0.4, -0.2) is 23.3 Å². The Morgan fingerprint density at radius 2 is 1.78 bits per heavy atom. The smallest absolute Gasteiger partial charge is 0.331 e. The molecule has 6 nitrogen and oxygen atoms in total. The molecule has 6 heteroatoms. The van der Waals surface area contributed by atoms with E-state index in [0.29, 0.717) is 5.89 Å². The summed E-state index contributed by atoms with van der Waals surface area (Å²) in [5, 5.41) is 7.99. The molecule has 1 heterocycles. The Balaban J connectivity index is 1.61. The van der Waals surface area contributed by atoms with Crippen molar-refractivity contribution in [3.8, 4) is 17.2 Å². The lowest BCUT2D eigenvalue weighted by molar-refractivity contribution is -0.143. The highest BCUT2D eigenvalue weighted by Gasteiger charge is 2.18. The van der Waals surface area contributed by atoms with Gasteiger partial charge in [-0.1, -0.05) is 29.8 Å². The van der Waals surface area contributed by atoms with Crippen molar-refractivity contribution >= 4 is 12.0 Å². The average molecular weight is 364 g/mol. The van der Waals surface area contributed by atoms with Crippen molar-refractivity contribution in [2.75, 3.05) is 7.11 Å². The van der Waals surface area contributed by atoms with Crippen LogP contribution in [0.4, 0.5) is 0 Å². The largest absolute Gasteiger partial charge is 0.497 e. The van der Waals surface area contributed by atoms with E-state index < -0.39 is 12.1 Å². The first-order valence-corrected chi connectivity index (χ1v) is 8.48. The van der Waals surface area contributed by atoms with E-state index in [9.17, 15) is 4.79 Å². The van der Waals surface area contributed by atoms with Gasteiger partial charge in [0.1, 0.15) is 5.75 Å². The zero-order chi connectivity index (χ0) is 19.2. The Bertz CT molecular complexity index is 928. The highest BCUT2D eigenvalue weighted by molar-refractivity contribution is 5.87. The summed E-state index contributed by atoms with van der Waals surface area (Å²) >= 11 is 0. The van der Waals surface area contributed by atoms with Gasteiger partial charge in [-0.25, -0.2) is 4.79 Å². The summed E-state index contributed by atoms with van der Waals surface area (Å²) < 4.78 is 16.0. The number of aryl methyl sites for hydroxylation is 1. The van der Waals surface area contributed by atoms with Gasteiger partial charge in [0.15, 0.2) is 6.10 Å². The maximum atomic E-state index is 12.0. The van der Waals surface area contributed by atoms with E-state index in [1.54, 1.807) is 20.1 Å². The monoisotopic (exact) mass is 364 g/mol. The Labute approximate surface area is 157 Å². The van der Waals surface area contributed by atoms with E-state index in [4.69, 9.17) is 13.9 Å². The zero-order valence-electron chi connectivity index (χ0n) is 15.4. The molecule has 0 aliphatic rings. The lowest BCUT2D eigenvalue weighted by atomic mass is 10.1. The van der Waals surface area contributed by atoms with E-state index in [-0.39, 0.29) is 5.89 Å². The van der Waals surface area contributed by atoms with Crippen LogP contribution in [0.1, 0.15) is 30.0 Å². The molecule has 0 saturated carbocycles. The lowest BCUT2D eigenvalue weighted by Crippen LogP contribution is -2.06. The van der Waals surface area contributed by atoms with Crippen LogP contribution >= 0.6 is 0 Å². The maximum Gasteiger partial charge on any atom is 0.331 e. The number of hydrogen-bond donors (Lipinski definition) is 0. The number of hydrogen-bond acceptors (Lipinski definition) is 6. The van der Waals surface area contributed by atoms with Gasteiger partial charge in [0.2, 0.25) is 5.89 Å². The van der Waals surface area contributed by atoms with E-state index >= 15 is 0 Å². The molecule has 0 radical (unpaired) electrons. The number of aromatic nitrogens is 2. The van der Waals surface area contributed by atoms with Crippen molar-refractivity contribution in [3.63, 3.8) is 0 Å². The van der Waals surface area contributed by atoms with E-state index in [0.717, 1.165) is 22.4 Å². The van der Waals surface area contributed by atoms with E-state index in [1.165, 1.54) is 6.08 Å². The van der Waals surface area contributed by atoms with Crippen LogP contribution in [-0.2, 0) is 9.53 Å². The topological polar surface area (TPSA) is 74.5 Å². The number of carbonyl (C=O) groups is 1. The molecule has 138 valence electrons. The van der Waals surface area contributed by atoms with Gasteiger partial charge in [-0.3, -0.25) is 0 Å². The van der Waals surface area contributed by atoms with Crippen molar-refractivity contribution in [3.05, 3.63) is 71.6 Å². The second-order valence-corrected chi connectivity index (χ2v) is 6.00. The molecule has 2 aromatic carbocycles. The summed E-state index contributed by atoms with van der Waals surface area (Å²) in [6.07, 6.45) is 2.38. The van der Waals surface area contributed by atoms with Gasteiger partial charge < -0.3 is 13.9 Å². The van der Waals surface area contributed by atoms with Gasteiger partial charge in [0.05, 0.1) is 7.11 Å². The third kappa shape index (κ3) is 4.82. The summed E-state index contributed by atoms with van der Waals surface area (Å²) in [4.78, 5) is 12.0. The molecule has 0 spiro atoms. The van der Waals surface area contributed by atoms with Gasteiger partial charge in [0, 0.05) is 11.6 Å². The van der Waals surface area contributed by atoms with Crippen molar-refractivity contribution < 1.29 is 18.7 Å². The van der Waals surface area contributed by atoms with Crippen molar-refractivity contribution in [2.24, 2.45) is 0 Å². The van der Waals surface area contributed by atoms with Crippen LogP contribution in [0.25, 0.3) is 17.5 Å². The average Bonchev–Trinajstić information content (AvgIpc) is 3.18. The SMILES string of the molecule is COc1ccc(/C=C/C(=O)O[C@@H](C)c2nnc(-c3ccc(C)cc3)o2)cc1. The third-order valence-electron chi connectivity index (χ3n) is 3.91. The summed E-state index contributed by atoms with van der Waals surface area (Å²) in [6, 6.07) is 15.1. The molecule has 0 amide bonds. The number of ether oxygens (including phenoxy) is 2. The standard InChI is InChI=1S/C21H20N2O4/c1-14-4-9-17(10-5-14)21-23-22-20(27-21)15(2)26-19(24)13-8-16-6-11-18(25-3)12-7-16/h4-13,15H,1-3H3/b13-8+/t15-/m0/s1. The fourth-order valence-corrected chi connectivity index (χ4v) is 2.35. The van der Waals surface area contributed by atoms with Crippen LogP contribution < -0.4 is 4.74 Å². The molecule has 0 aliphatic carbocycles. The first kappa shape index (κ1) is 18.4. The van der Waals surface area contributed by atoms with Crippen LogP contribution in [0.5, 0.6) is 5.75 Å². The maximum absolute atomic E-state index is 12.0. The highest BCUT2D eigenvalue weighted by Crippen LogP contribution is 2.23. The van der Waals surface area contributed by atoms with Gasteiger partial charge in [-0.05, 0) is 49.8 Å². The molecule has 1 aromatic heterocycles. The Kier molecular flexibility index (Phi) is 5.66. The molecular formula is C21H20N2O4. The Morgan fingerprint density at radius 1 is 1.07 bits per heavy atom. The molecule has 0 aliphatic heterocycles. The van der Waals surface area contributed by atoms with Crippen LogP contribution in [0, 0.1) is 6.92 Å². The van der Waals surface area contributed by atoms with Gasteiger partial charge in [-0.15, -0.1) is 10.2 Å². The van der Waals surface area contributed by atoms with Gasteiger partial charge in [-0.2, -0.15) is 0 Å². The molecule has 0 fully saturated rings. The molecule has 0 saturated heterocycles. The minimum absolute atomic E-state index is 0.247. The molecule has 1 atom stereocenters. The minimum Gasteiger partial charge on any atom is -0.497 e. The van der Waals surface area contributed by atoms with E-state index in [2.05, 4.69) is 10.2 Å². The number of esters is 1. The molecule has 3 aromatic rings. The van der Waals surface area contributed by atoms with Crippen LogP contribution in [0.2, 0.25) is 0 Å². The molecule has 0 N–H and O–H groups in total. The molecule has 0 bridgehead atoms. The Morgan fingerprint density at radius 3 is 2.44 bits per heavy atom. The quantitative estimate of drug-likeness (QED) is 0.477. The highest BCUT2D eigenvalue weighted by atomic mass is 16.6. The normalized spacial score (nSPS) is 12.1. The number of methoxy groups -OCH3 is 1. The third-order valence-corrected chi connectivity index (χ3v) is 3.91. The van der Waals surface area contributed by atoms with Crippen LogP contribution in [0.3, 0.4) is 0 Å². The lowest BCUT2D eigenvalue weighted by Gasteiger charge is -2.06. The number of rotatable bonds is 6. The predicted octanol–water partition coefficient (Wildman–Crippen LogP) is 4.37. The molecule has 0 unspecified atom stereocenters. The summed E-state index contributed by atoms with van der Waals surface area (Å²) in [7, 11) is 1.60. The zero-order valence-corrected chi connectivity index (χ0v) is 15.4. The van der Waals surface area contributed by atoms with Gasteiger partial charge in [0.25, 0.3) is 5.89 Å². The summed E-state index contributed by atoms with van der Waals surface area (Å²) in [5.41, 5.74) is 2.82. The second-order valence-electron chi connectivity index (χ2n) is 6.00. The number of carbonyl (C=O) groups excluding carboxylic acids is 1. The van der Waals surface area contributed by atoms with Crippen molar-refractivity contribution in [1.82, 2.24) is 10.2 Å². The van der Waals surface area contributed by atoms with Crippen molar-refractivity contribution in [2.45, 2.75) is 20.0 Å². The Hall–Kier alpha value is -3.41. The first-order chi connectivity index (χ1) is 13.0. The van der Waals surface area contributed by atoms with E-state index in [1.807, 2.05) is 55.5 Å².